The molecule has 0 aromatic heterocycles. The molecule has 2 nitrogen and oxygen atoms in total. The number of carbonyl (C=O) groups excluding carboxylic acids is 2. The van der Waals surface area contributed by atoms with Gasteiger partial charge in [0.2, 0.25) is 10.5 Å². The van der Waals surface area contributed by atoms with Gasteiger partial charge in [0, 0.05) is 12.8 Å². The maximum atomic E-state index is 10.4. The molecule has 4 heteroatoms. The molecule has 0 aliphatic heterocycles. The van der Waals surface area contributed by atoms with E-state index in [1.54, 1.807) is 0 Å². The third-order valence-corrected chi connectivity index (χ3v) is 2.64. The summed E-state index contributed by atoms with van der Waals surface area (Å²) in [4.78, 5) is 20.8. The Kier molecular flexibility index (Phi) is 7.63. The van der Waals surface area contributed by atoms with Gasteiger partial charge in [-0.2, -0.15) is 0 Å². The van der Waals surface area contributed by atoms with Gasteiger partial charge in [-0.05, 0) is 34.3 Å². The van der Waals surface area contributed by atoms with Crippen LogP contribution in [0, 0.1) is 0 Å². The molecule has 2 rings (SSSR count). The number of hydrogen-bond acceptors (Lipinski definition) is 2. The second-order valence-electron chi connectivity index (χ2n) is 4.03. The molecule has 0 unspecified atom stereocenters. The van der Waals surface area contributed by atoms with Crippen LogP contribution in [-0.4, -0.2) is 10.5 Å². The van der Waals surface area contributed by atoms with Crippen molar-refractivity contribution in [2.75, 3.05) is 0 Å². The number of rotatable bonds is 4. The van der Waals surface area contributed by atoms with Gasteiger partial charge < -0.3 is 0 Å². The molecule has 0 saturated heterocycles. The largest absolute Gasteiger partial charge is 0.281 e. The number of carbonyl (C=O) groups is 2. The van der Waals surface area contributed by atoms with Crippen molar-refractivity contribution in [1.29, 1.82) is 0 Å². The van der Waals surface area contributed by atoms with E-state index in [1.807, 2.05) is 60.7 Å². The van der Waals surface area contributed by atoms with Gasteiger partial charge in [0.25, 0.3) is 0 Å². The molecule has 0 fully saturated rings. The summed E-state index contributed by atoms with van der Waals surface area (Å²) in [6, 6.07) is 18.8. The smallest absolute Gasteiger partial charge is 0.226 e. The Labute approximate surface area is 128 Å². The highest BCUT2D eigenvalue weighted by Crippen LogP contribution is 2.01. The lowest BCUT2D eigenvalue weighted by Gasteiger charge is -1.92. The van der Waals surface area contributed by atoms with Crippen LogP contribution in [0.3, 0.4) is 0 Å². The molecule has 2 aromatic rings. The number of hydrogen-bond donors (Lipinski definition) is 0. The van der Waals surface area contributed by atoms with E-state index in [-0.39, 0.29) is 10.5 Å². The van der Waals surface area contributed by atoms with Crippen molar-refractivity contribution in [2.45, 2.75) is 12.8 Å². The molecule has 2 aromatic carbocycles. The van der Waals surface area contributed by atoms with Crippen molar-refractivity contribution < 1.29 is 9.59 Å². The van der Waals surface area contributed by atoms with Crippen LogP contribution in [0.2, 0.25) is 0 Å². The van der Waals surface area contributed by atoms with Crippen LogP contribution in [0.4, 0.5) is 0 Å². The fraction of sp³-hybridized carbons (Fsp3) is 0.125. The van der Waals surface area contributed by atoms with Gasteiger partial charge in [-0.15, -0.1) is 0 Å². The Balaban J connectivity index is 0.000000200. The molecule has 0 N–H and O–H groups in total. The Morgan fingerprint density at radius 1 is 0.650 bits per heavy atom. The van der Waals surface area contributed by atoms with Crippen molar-refractivity contribution in [3.8, 4) is 0 Å². The summed E-state index contributed by atoms with van der Waals surface area (Å²) >= 11 is 10.3. The average Bonchev–Trinajstić information content (AvgIpc) is 2.40. The Morgan fingerprint density at radius 3 is 1.20 bits per heavy atom. The monoisotopic (exact) mass is 308 g/mol. The lowest BCUT2D eigenvalue weighted by Crippen LogP contribution is -1.91. The summed E-state index contributed by atoms with van der Waals surface area (Å²) in [5.74, 6) is 0. The maximum Gasteiger partial charge on any atom is 0.226 e. The quantitative estimate of drug-likeness (QED) is 0.800. The SMILES string of the molecule is O=C(Cl)Cc1ccccc1.O=C(Cl)Cc1ccccc1. The fourth-order valence-electron chi connectivity index (χ4n) is 1.51. The van der Waals surface area contributed by atoms with Crippen LogP contribution in [0.25, 0.3) is 0 Å². The van der Waals surface area contributed by atoms with E-state index in [0.29, 0.717) is 12.8 Å². The molecule has 0 atom stereocenters. The zero-order valence-corrected chi connectivity index (χ0v) is 12.3. The third-order valence-electron chi connectivity index (χ3n) is 2.37. The summed E-state index contributed by atoms with van der Waals surface area (Å²) in [5, 5.41) is -0.627. The standard InChI is InChI=1S/2C8H7ClO/c2*9-8(10)6-7-4-2-1-3-5-7/h2*1-5H,6H2. The van der Waals surface area contributed by atoms with E-state index in [0.717, 1.165) is 11.1 Å². The topological polar surface area (TPSA) is 34.1 Å². The minimum Gasteiger partial charge on any atom is -0.281 e. The summed E-state index contributed by atoms with van der Waals surface area (Å²) in [6.07, 6.45) is 0.644. The first-order chi connectivity index (χ1) is 9.58. The summed E-state index contributed by atoms with van der Waals surface area (Å²) in [6.45, 7) is 0. The Bertz CT molecular complexity index is 487. The Hall–Kier alpha value is -1.64. The van der Waals surface area contributed by atoms with Gasteiger partial charge in [0.05, 0.1) is 0 Å². The second kappa shape index (κ2) is 9.29. The van der Waals surface area contributed by atoms with E-state index in [9.17, 15) is 9.59 Å². The lowest BCUT2D eigenvalue weighted by molar-refractivity contribution is -0.111. The highest BCUT2D eigenvalue weighted by atomic mass is 35.5. The van der Waals surface area contributed by atoms with Crippen LogP contribution in [0.15, 0.2) is 60.7 Å². The van der Waals surface area contributed by atoms with Crippen LogP contribution in [0.5, 0.6) is 0 Å². The van der Waals surface area contributed by atoms with E-state index in [4.69, 9.17) is 23.2 Å². The molecule has 0 radical (unpaired) electrons. The van der Waals surface area contributed by atoms with Crippen molar-refractivity contribution >= 4 is 33.7 Å². The summed E-state index contributed by atoms with van der Waals surface area (Å²) in [5.41, 5.74) is 1.92. The van der Waals surface area contributed by atoms with Crippen molar-refractivity contribution in [3.63, 3.8) is 0 Å². The van der Waals surface area contributed by atoms with Crippen molar-refractivity contribution in [1.82, 2.24) is 0 Å². The van der Waals surface area contributed by atoms with Gasteiger partial charge >= 0.3 is 0 Å². The van der Waals surface area contributed by atoms with Gasteiger partial charge in [0.15, 0.2) is 0 Å². The third kappa shape index (κ3) is 7.72. The molecule has 0 spiro atoms. The molecule has 0 aliphatic carbocycles. The predicted molar refractivity (Wildman–Crippen MR) is 82.0 cm³/mol. The molecular weight excluding hydrogens is 295 g/mol. The lowest BCUT2D eigenvalue weighted by atomic mass is 10.2. The molecule has 0 aliphatic rings. The maximum absolute atomic E-state index is 10.4. The number of halogens is 2. The first kappa shape index (κ1) is 16.4. The van der Waals surface area contributed by atoms with Gasteiger partial charge in [-0.25, -0.2) is 0 Å². The zero-order valence-electron chi connectivity index (χ0n) is 10.8. The second-order valence-corrected chi connectivity index (χ2v) is 4.88. The first-order valence-corrected chi connectivity index (χ1v) is 6.78. The summed E-state index contributed by atoms with van der Waals surface area (Å²) < 4.78 is 0. The highest BCUT2D eigenvalue weighted by Gasteiger charge is 1.96. The van der Waals surface area contributed by atoms with E-state index in [2.05, 4.69) is 0 Å². The van der Waals surface area contributed by atoms with Gasteiger partial charge in [0.1, 0.15) is 0 Å². The van der Waals surface area contributed by atoms with E-state index >= 15 is 0 Å². The van der Waals surface area contributed by atoms with E-state index in [1.165, 1.54) is 0 Å². The average molecular weight is 309 g/mol. The molecule has 0 saturated carbocycles. The normalized spacial score (nSPS) is 9.30. The first-order valence-electron chi connectivity index (χ1n) is 6.02. The minimum atomic E-state index is -0.314. The molecule has 20 heavy (non-hydrogen) atoms. The van der Waals surface area contributed by atoms with Crippen LogP contribution in [0.1, 0.15) is 11.1 Å². The zero-order chi connectivity index (χ0) is 14.8. The summed E-state index contributed by atoms with van der Waals surface area (Å²) in [7, 11) is 0. The van der Waals surface area contributed by atoms with Crippen LogP contribution in [-0.2, 0) is 22.4 Å². The molecule has 104 valence electrons. The minimum absolute atomic E-state index is 0.314. The van der Waals surface area contributed by atoms with Crippen molar-refractivity contribution in [3.05, 3.63) is 71.8 Å². The van der Waals surface area contributed by atoms with E-state index < -0.39 is 0 Å². The number of benzene rings is 2. The fourth-order valence-corrected chi connectivity index (χ4v) is 1.82. The molecule has 0 bridgehead atoms. The molecule has 0 heterocycles. The predicted octanol–water partition coefficient (Wildman–Crippen LogP) is 3.99. The van der Waals surface area contributed by atoms with Gasteiger partial charge in [-0.1, -0.05) is 60.7 Å². The Morgan fingerprint density at radius 2 is 0.950 bits per heavy atom. The highest BCUT2D eigenvalue weighted by molar-refractivity contribution is 6.64. The molecule has 0 amide bonds. The van der Waals surface area contributed by atoms with Crippen LogP contribution >= 0.6 is 23.2 Å². The van der Waals surface area contributed by atoms with Gasteiger partial charge in [-0.3, -0.25) is 9.59 Å². The van der Waals surface area contributed by atoms with Crippen molar-refractivity contribution in [2.24, 2.45) is 0 Å². The molecular formula is C16H14Cl2O2. The van der Waals surface area contributed by atoms with Crippen LogP contribution < -0.4 is 0 Å².